The van der Waals surface area contributed by atoms with Crippen LogP contribution in [0, 0.1) is 13.8 Å². The van der Waals surface area contributed by atoms with Gasteiger partial charge in [0.15, 0.2) is 0 Å². The van der Waals surface area contributed by atoms with E-state index in [1.54, 1.807) is 19.1 Å². The average molecular weight is 245 g/mol. The number of aryl methyl sites for hydroxylation is 2. The predicted octanol–water partition coefficient (Wildman–Crippen LogP) is 1.55. The monoisotopic (exact) mass is 244 g/mol. The van der Waals surface area contributed by atoms with Crippen LogP contribution in [-0.4, -0.2) is 13.0 Å². The Hall–Kier alpha value is -0.376. The van der Waals surface area contributed by atoms with Gasteiger partial charge in [0.2, 0.25) is 0 Å². The van der Waals surface area contributed by atoms with E-state index in [-0.39, 0.29) is 21.4 Å². The summed E-state index contributed by atoms with van der Waals surface area (Å²) in [5.41, 5.74) is 1.54. The molecule has 0 radical (unpaired) electrons. The van der Waals surface area contributed by atoms with E-state index in [4.69, 9.17) is 4.55 Å². The van der Waals surface area contributed by atoms with E-state index in [9.17, 15) is 8.42 Å². The van der Waals surface area contributed by atoms with Gasteiger partial charge in [0.25, 0.3) is 10.1 Å². The molecule has 3 nitrogen and oxygen atoms in total. The zero-order chi connectivity index (χ0) is 9.35. The molecule has 0 saturated carbocycles. The standard InChI is InChI=1S/C8H10O3S.Ni/c1-6-3-4-8(7(2)5-6)12(9,10)11;/h3-5H,1-2H3,(H,9,10,11);. The molecule has 13 heavy (non-hydrogen) atoms. The van der Waals surface area contributed by atoms with E-state index in [0.717, 1.165) is 5.56 Å². The van der Waals surface area contributed by atoms with Gasteiger partial charge in [0, 0.05) is 16.5 Å². The summed E-state index contributed by atoms with van der Waals surface area (Å²) in [6.45, 7) is 3.51. The van der Waals surface area contributed by atoms with Crippen LogP contribution in [0.1, 0.15) is 11.1 Å². The van der Waals surface area contributed by atoms with Crippen molar-refractivity contribution >= 4 is 10.1 Å². The Kier molecular flexibility index (Phi) is 4.10. The van der Waals surface area contributed by atoms with Crippen LogP contribution in [0.3, 0.4) is 0 Å². The van der Waals surface area contributed by atoms with Crippen LogP contribution >= 0.6 is 0 Å². The molecule has 1 aromatic rings. The maximum Gasteiger partial charge on any atom is 0.294 e. The molecule has 0 aromatic heterocycles. The second-order valence-corrected chi connectivity index (χ2v) is 4.13. The van der Waals surface area contributed by atoms with E-state index in [1.807, 2.05) is 6.92 Å². The summed E-state index contributed by atoms with van der Waals surface area (Å²) in [6.07, 6.45) is 0. The van der Waals surface area contributed by atoms with Crippen molar-refractivity contribution in [1.29, 1.82) is 0 Å². The third kappa shape index (κ3) is 3.10. The molecule has 1 N–H and O–H groups in total. The third-order valence-electron chi connectivity index (χ3n) is 1.61. The van der Waals surface area contributed by atoms with Gasteiger partial charge in [-0.05, 0) is 25.5 Å². The molecule has 0 aliphatic rings. The van der Waals surface area contributed by atoms with Gasteiger partial charge in [-0.2, -0.15) is 8.42 Å². The molecule has 0 unspecified atom stereocenters. The Bertz CT molecular complexity index is 398. The average Bonchev–Trinajstić information content (AvgIpc) is 1.83. The molecule has 1 aromatic carbocycles. The molecule has 0 aliphatic heterocycles. The Morgan fingerprint density at radius 1 is 1.23 bits per heavy atom. The normalized spacial score (nSPS) is 10.7. The van der Waals surface area contributed by atoms with Crippen LogP contribution in [0.5, 0.6) is 0 Å². The summed E-state index contributed by atoms with van der Waals surface area (Å²) < 4.78 is 30.2. The van der Waals surface area contributed by atoms with Gasteiger partial charge in [0.05, 0.1) is 4.90 Å². The van der Waals surface area contributed by atoms with Crippen LogP contribution in [0.4, 0.5) is 0 Å². The van der Waals surface area contributed by atoms with Crippen LogP contribution in [0.15, 0.2) is 23.1 Å². The summed E-state index contributed by atoms with van der Waals surface area (Å²) in [4.78, 5) is -0.0203. The molecule has 0 heterocycles. The first kappa shape index (κ1) is 12.6. The van der Waals surface area contributed by atoms with E-state index < -0.39 is 10.1 Å². The Balaban J connectivity index is 0.00000144. The molecular formula is C8H10NiO3S. The van der Waals surface area contributed by atoms with Gasteiger partial charge in [-0.15, -0.1) is 0 Å². The molecule has 0 aliphatic carbocycles. The van der Waals surface area contributed by atoms with Crippen LogP contribution < -0.4 is 0 Å². The van der Waals surface area contributed by atoms with Gasteiger partial charge in [-0.1, -0.05) is 17.7 Å². The van der Waals surface area contributed by atoms with E-state index >= 15 is 0 Å². The number of hydrogen-bond acceptors (Lipinski definition) is 2. The van der Waals surface area contributed by atoms with Crippen molar-refractivity contribution in [3.63, 3.8) is 0 Å². The second kappa shape index (κ2) is 4.22. The SMILES string of the molecule is Cc1ccc(S(=O)(=O)O)c(C)c1.[Ni]. The van der Waals surface area contributed by atoms with E-state index in [0.29, 0.717) is 5.56 Å². The predicted molar refractivity (Wildman–Crippen MR) is 45.7 cm³/mol. The number of rotatable bonds is 1. The van der Waals surface area contributed by atoms with E-state index in [1.165, 1.54) is 6.07 Å². The quantitative estimate of drug-likeness (QED) is 0.603. The topological polar surface area (TPSA) is 54.4 Å². The number of benzene rings is 1. The van der Waals surface area contributed by atoms with Gasteiger partial charge >= 0.3 is 0 Å². The molecule has 0 spiro atoms. The number of hydrogen-bond donors (Lipinski definition) is 1. The fourth-order valence-electron chi connectivity index (χ4n) is 1.09. The van der Waals surface area contributed by atoms with Crippen molar-refractivity contribution in [2.45, 2.75) is 18.7 Å². The smallest absolute Gasteiger partial charge is 0.282 e. The van der Waals surface area contributed by atoms with Crippen LogP contribution in [0.25, 0.3) is 0 Å². The molecular weight excluding hydrogens is 235 g/mol. The van der Waals surface area contributed by atoms with Crippen molar-refractivity contribution in [3.8, 4) is 0 Å². The van der Waals surface area contributed by atoms with Gasteiger partial charge < -0.3 is 0 Å². The maximum absolute atomic E-state index is 10.7. The van der Waals surface area contributed by atoms with Crippen LogP contribution in [0.2, 0.25) is 0 Å². The molecule has 0 amide bonds. The summed E-state index contributed by atoms with van der Waals surface area (Å²) in [5, 5.41) is 0. The minimum Gasteiger partial charge on any atom is -0.282 e. The van der Waals surface area contributed by atoms with Crippen molar-refractivity contribution in [3.05, 3.63) is 29.3 Å². The fraction of sp³-hybridized carbons (Fsp3) is 0.250. The molecule has 0 bridgehead atoms. The largest absolute Gasteiger partial charge is 0.294 e. The first-order valence-corrected chi connectivity index (χ1v) is 4.90. The summed E-state index contributed by atoms with van der Waals surface area (Å²) in [5.74, 6) is 0. The molecule has 5 heteroatoms. The van der Waals surface area contributed by atoms with Gasteiger partial charge in [0.1, 0.15) is 0 Å². The maximum atomic E-state index is 10.7. The molecule has 0 fully saturated rings. The molecule has 1 rings (SSSR count). The first-order valence-electron chi connectivity index (χ1n) is 3.46. The molecule has 0 atom stereocenters. The van der Waals surface area contributed by atoms with E-state index in [2.05, 4.69) is 0 Å². The Labute approximate surface area is 87.8 Å². The van der Waals surface area contributed by atoms with Crippen LogP contribution in [-0.2, 0) is 26.6 Å². The van der Waals surface area contributed by atoms with Crippen molar-refractivity contribution in [2.24, 2.45) is 0 Å². The zero-order valence-corrected chi connectivity index (χ0v) is 9.02. The minimum atomic E-state index is -4.05. The van der Waals surface area contributed by atoms with Crippen molar-refractivity contribution < 1.29 is 29.5 Å². The summed E-state index contributed by atoms with van der Waals surface area (Å²) >= 11 is 0. The van der Waals surface area contributed by atoms with Gasteiger partial charge in [-0.3, -0.25) is 4.55 Å². The second-order valence-electron chi connectivity index (χ2n) is 2.74. The Morgan fingerprint density at radius 2 is 1.77 bits per heavy atom. The van der Waals surface area contributed by atoms with Crippen molar-refractivity contribution in [2.75, 3.05) is 0 Å². The summed E-state index contributed by atoms with van der Waals surface area (Å²) in [6, 6.07) is 4.76. The zero-order valence-electron chi connectivity index (χ0n) is 7.22. The molecule has 0 saturated heterocycles. The van der Waals surface area contributed by atoms with Crippen molar-refractivity contribution in [1.82, 2.24) is 0 Å². The Morgan fingerprint density at radius 3 is 2.15 bits per heavy atom. The first-order chi connectivity index (χ1) is 5.41. The molecule has 76 valence electrons. The minimum absolute atomic E-state index is 0. The van der Waals surface area contributed by atoms with Gasteiger partial charge in [-0.25, -0.2) is 0 Å². The fourth-order valence-corrected chi connectivity index (χ4v) is 1.79. The third-order valence-corrected chi connectivity index (χ3v) is 2.62. The summed E-state index contributed by atoms with van der Waals surface area (Å²) in [7, 11) is -4.05.